The Kier molecular flexibility index (Phi) is 7.69. The minimum absolute atomic E-state index is 0.00268. The van der Waals surface area contributed by atoms with Crippen LogP contribution < -0.4 is 5.32 Å². The molecule has 31 heavy (non-hydrogen) atoms. The summed E-state index contributed by atoms with van der Waals surface area (Å²) in [5.41, 5.74) is 1.95. The maximum Gasteiger partial charge on any atom is 0.242 e. The van der Waals surface area contributed by atoms with Gasteiger partial charge in [0.25, 0.3) is 0 Å². The molecule has 0 aliphatic rings. The summed E-state index contributed by atoms with van der Waals surface area (Å²) in [6.07, 6.45) is 0.926. The van der Waals surface area contributed by atoms with Gasteiger partial charge in [-0.05, 0) is 55.2 Å². The summed E-state index contributed by atoms with van der Waals surface area (Å²) in [4.78, 5) is 27.6. The predicted octanol–water partition coefficient (Wildman–Crippen LogP) is 5.37. The fraction of sp³-hybridized carbons (Fsp3) is 0.308. The second-order valence-electron chi connectivity index (χ2n) is 8.09. The maximum absolute atomic E-state index is 13.3. The van der Waals surface area contributed by atoms with Crippen LogP contribution in [0.3, 0.4) is 0 Å². The number of aryl methyl sites for hydroxylation is 1. The Morgan fingerprint density at radius 1 is 0.903 bits per heavy atom. The van der Waals surface area contributed by atoms with Crippen molar-refractivity contribution < 1.29 is 9.59 Å². The molecular weight excluding hydrogens is 408 g/mol. The molecule has 3 rings (SSSR count). The molecule has 0 aliphatic carbocycles. The van der Waals surface area contributed by atoms with Gasteiger partial charge in [-0.1, -0.05) is 72.3 Å². The van der Waals surface area contributed by atoms with Gasteiger partial charge in [-0.25, -0.2) is 0 Å². The van der Waals surface area contributed by atoms with Crippen LogP contribution in [0.5, 0.6) is 0 Å². The highest BCUT2D eigenvalue weighted by Crippen LogP contribution is 2.22. The van der Waals surface area contributed by atoms with Crippen LogP contribution in [-0.4, -0.2) is 28.8 Å². The fourth-order valence-corrected chi connectivity index (χ4v) is 3.89. The molecule has 5 heteroatoms. The van der Waals surface area contributed by atoms with E-state index in [1.807, 2.05) is 50.2 Å². The number of nitrogens with one attached hydrogen (secondary N) is 1. The number of carbonyl (C=O) groups excluding carboxylic acids is 2. The van der Waals surface area contributed by atoms with Crippen molar-refractivity contribution in [3.63, 3.8) is 0 Å². The monoisotopic (exact) mass is 436 g/mol. The Bertz CT molecular complexity index is 1060. The van der Waals surface area contributed by atoms with E-state index >= 15 is 0 Å². The van der Waals surface area contributed by atoms with Gasteiger partial charge in [-0.15, -0.1) is 0 Å². The largest absolute Gasteiger partial charge is 0.352 e. The van der Waals surface area contributed by atoms with Gasteiger partial charge in [0, 0.05) is 24.0 Å². The molecule has 0 bridgehead atoms. The smallest absolute Gasteiger partial charge is 0.242 e. The van der Waals surface area contributed by atoms with E-state index in [9.17, 15) is 9.59 Å². The molecule has 1 unspecified atom stereocenters. The topological polar surface area (TPSA) is 49.4 Å². The summed E-state index contributed by atoms with van der Waals surface area (Å²) < 4.78 is 0. The first kappa shape index (κ1) is 22.8. The van der Waals surface area contributed by atoms with Gasteiger partial charge >= 0.3 is 0 Å². The summed E-state index contributed by atoms with van der Waals surface area (Å²) in [5.74, 6) is -0.236. The molecule has 0 fully saturated rings. The van der Waals surface area contributed by atoms with E-state index in [0.29, 0.717) is 24.4 Å². The zero-order chi connectivity index (χ0) is 22.4. The first-order valence-electron chi connectivity index (χ1n) is 10.7. The van der Waals surface area contributed by atoms with Gasteiger partial charge in [0.15, 0.2) is 0 Å². The van der Waals surface area contributed by atoms with E-state index in [4.69, 9.17) is 11.6 Å². The first-order valence-corrected chi connectivity index (χ1v) is 11.0. The minimum atomic E-state index is -0.598. The van der Waals surface area contributed by atoms with Crippen molar-refractivity contribution in [2.24, 2.45) is 0 Å². The Labute approximate surface area is 189 Å². The van der Waals surface area contributed by atoms with Crippen LogP contribution in [0, 0.1) is 0 Å². The number of hydrogen-bond donors (Lipinski definition) is 1. The Hall–Kier alpha value is -2.85. The van der Waals surface area contributed by atoms with E-state index in [1.54, 1.807) is 17.9 Å². The fourth-order valence-electron chi connectivity index (χ4n) is 3.69. The van der Waals surface area contributed by atoms with Crippen molar-refractivity contribution in [3.05, 3.63) is 82.9 Å². The van der Waals surface area contributed by atoms with Crippen molar-refractivity contribution >= 4 is 34.2 Å². The maximum atomic E-state index is 13.3. The lowest BCUT2D eigenvalue weighted by atomic mass is 10.0. The van der Waals surface area contributed by atoms with Gasteiger partial charge in [0.2, 0.25) is 11.8 Å². The lowest BCUT2D eigenvalue weighted by Crippen LogP contribution is -2.49. The normalized spacial score (nSPS) is 12.0. The van der Waals surface area contributed by atoms with E-state index in [2.05, 4.69) is 29.6 Å². The van der Waals surface area contributed by atoms with E-state index < -0.39 is 6.04 Å². The average Bonchev–Trinajstić information content (AvgIpc) is 2.76. The molecule has 2 amide bonds. The van der Waals surface area contributed by atoms with Crippen LogP contribution in [0.1, 0.15) is 38.3 Å². The molecule has 0 saturated heterocycles. The van der Waals surface area contributed by atoms with Gasteiger partial charge < -0.3 is 10.2 Å². The van der Waals surface area contributed by atoms with Crippen molar-refractivity contribution in [3.8, 4) is 0 Å². The molecule has 162 valence electrons. The molecule has 0 aromatic heterocycles. The first-order chi connectivity index (χ1) is 14.9. The highest BCUT2D eigenvalue weighted by Gasteiger charge is 2.26. The SMILES string of the molecule is CC(C)NC(=O)C(C)N(Cc1ccccc1Cl)C(=O)CCc1cccc2ccccc12. The zero-order valence-corrected chi connectivity index (χ0v) is 19.0. The van der Waals surface area contributed by atoms with Gasteiger partial charge in [0.05, 0.1) is 0 Å². The predicted molar refractivity (Wildman–Crippen MR) is 127 cm³/mol. The summed E-state index contributed by atoms with van der Waals surface area (Å²) in [5, 5.41) is 5.81. The van der Waals surface area contributed by atoms with Crippen LogP contribution in [0.2, 0.25) is 5.02 Å². The number of rotatable bonds is 8. The molecule has 3 aromatic rings. The third-order valence-electron chi connectivity index (χ3n) is 5.38. The van der Waals surface area contributed by atoms with Crippen LogP contribution in [-0.2, 0) is 22.6 Å². The molecule has 0 radical (unpaired) electrons. The van der Waals surface area contributed by atoms with Gasteiger partial charge in [-0.3, -0.25) is 9.59 Å². The third kappa shape index (κ3) is 5.86. The number of amides is 2. The highest BCUT2D eigenvalue weighted by molar-refractivity contribution is 6.31. The number of nitrogens with zero attached hydrogens (tertiary/aromatic N) is 1. The van der Waals surface area contributed by atoms with Crippen molar-refractivity contribution in [2.45, 2.75) is 52.2 Å². The standard InChI is InChI=1S/C26H29ClN2O2/c1-18(2)28-26(31)19(3)29(17-22-10-5-7-14-24(22)27)25(30)16-15-21-12-8-11-20-9-4-6-13-23(20)21/h4-14,18-19H,15-17H2,1-3H3,(H,28,31). The molecule has 1 atom stereocenters. The molecule has 3 aromatic carbocycles. The van der Waals surface area contributed by atoms with Crippen LogP contribution in [0.25, 0.3) is 10.8 Å². The lowest BCUT2D eigenvalue weighted by Gasteiger charge is -2.30. The van der Waals surface area contributed by atoms with Crippen molar-refractivity contribution in [1.29, 1.82) is 0 Å². The van der Waals surface area contributed by atoms with Crippen molar-refractivity contribution in [1.82, 2.24) is 10.2 Å². The summed E-state index contributed by atoms with van der Waals surface area (Å²) in [6, 6.07) is 21.2. The Morgan fingerprint density at radius 3 is 2.29 bits per heavy atom. The zero-order valence-electron chi connectivity index (χ0n) is 18.3. The number of benzene rings is 3. The molecule has 0 saturated carbocycles. The Balaban J connectivity index is 1.81. The van der Waals surface area contributed by atoms with Gasteiger partial charge in [0.1, 0.15) is 6.04 Å². The van der Waals surface area contributed by atoms with E-state index in [1.165, 1.54) is 0 Å². The summed E-state index contributed by atoms with van der Waals surface area (Å²) in [6.45, 7) is 5.88. The second-order valence-corrected chi connectivity index (χ2v) is 8.50. The molecule has 0 heterocycles. The minimum Gasteiger partial charge on any atom is -0.352 e. The summed E-state index contributed by atoms with van der Waals surface area (Å²) >= 11 is 6.34. The lowest BCUT2D eigenvalue weighted by molar-refractivity contribution is -0.140. The average molecular weight is 437 g/mol. The van der Waals surface area contributed by atoms with E-state index in [0.717, 1.165) is 21.9 Å². The molecular formula is C26H29ClN2O2. The highest BCUT2D eigenvalue weighted by atomic mass is 35.5. The second kappa shape index (κ2) is 10.5. The molecule has 0 aliphatic heterocycles. The third-order valence-corrected chi connectivity index (χ3v) is 5.75. The van der Waals surface area contributed by atoms with Crippen LogP contribution in [0.15, 0.2) is 66.7 Å². The van der Waals surface area contributed by atoms with Crippen LogP contribution >= 0.6 is 11.6 Å². The quantitative estimate of drug-likeness (QED) is 0.516. The number of halogens is 1. The Morgan fingerprint density at radius 2 is 1.55 bits per heavy atom. The van der Waals surface area contributed by atoms with Crippen LogP contribution in [0.4, 0.5) is 0 Å². The molecule has 4 nitrogen and oxygen atoms in total. The number of hydrogen-bond acceptors (Lipinski definition) is 2. The van der Waals surface area contributed by atoms with E-state index in [-0.39, 0.29) is 17.9 Å². The number of carbonyl (C=O) groups is 2. The molecule has 0 spiro atoms. The summed E-state index contributed by atoms with van der Waals surface area (Å²) in [7, 11) is 0. The molecule has 1 N–H and O–H groups in total. The van der Waals surface area contributed by atoms with Crippen molar-refractivity contribution in [2.75, 3.05) is 0 Å². The number of fused-ring (bicyclic) bond motifs is 1. The van der Waals surface area contributed by atoms with Gasteiger partial charge in [-0.2, -0.15) is 0 Å².